The molecule has 0 aliphatic carbocycles. The molecule has 1 aliphatic heterocycles. The minimum atomic E-state index is 0.135. The van der Waals surface area contributed by atoms with E-state index in [0.717, 1.165) is 55.2 Å². The minimum absolute atomic E-state index is 0.135. The number of amides is 1. The Labute approximate surface area is 199 Å². The number of anilines is 4. The number of hydrogen-bond donors (Lipinski definition) is 4. The van der Waals surface area contributed by atoms with Gasteiger partial charge in [0.15, 0.2) is 0 Å². The number of aromatic nitrogens is 2. The lowest BCUT2D eigenvalue weighted by atomic mass is 10.0. The molecular weight excluding hydrogens is 428 g/mol. The highest BCUT2D eigenvalue weighted by Gasteiger charge is 2.19. The van der Waals surface area contributed by atoms with Crippen LogP contribution in [0.3, 0.4) is 0 Å². The van der Waals surface area contributed by atoms with E-state index in [-0.39, 0.29) is 17.4 Å². The standard InChI is InChI=1S/C25H30N8O/c1-17(34)33-13-11-32(12-14-33)15-18-3-5-19(6-4-18)23(26)22-24(27)29-16-30-25(22)31-21-9-7-20(28-2)8-10-21/h3-10,16,26,28H,11-15H2,1-2H3,(H3,27,29,30,31). The fraction of sp³-hybridized carbons (Fsp3) is 0.280. The average molecular weight is 459 g/mol. The molecule has 5 N–H and O–H groups in total. The first-order chi connectivity index (χ1) is 16.4. The number of benzene rings is 2. The van der Waals surface area contributed by atoms with Crippen LogP contribution in [0.25, 0.3) is 0 Å². The fourth-order valence-corrected chi connectivity index (χ4v) is 4.00. The van der Waals surface area contributed by atoms with Gasteiger partial charge in [-0.3, -0.25) is 15.1 Å². The summed E-state index contributed by atoms with van der Waals surface area (Å²) in [4.78, 5) is 24.2. The second-order valence-electron chi connectivity index (χ2n) is 8.29. The lowest BCUT2D eigenvalue weighted by Crippen LogP contribution is -2.47. The second-order valence-corrected chi connectivity index (χ2v) is 8.29. The topological polar surface area (TPSA) is 123 Å². The smallest absolute Gasteiger partial charge is 0.219 e. The summed E-state index contributed by atoms with van der Waals surface area (Å²) in [5, 5.41) is 15.2. The van der Waals surface area contributed by atoms with Crippen molar-refractivity contribution in [2.45, 2.75) is 13.5 Å². The zero-order valence-corrected chi connectivity index (χ0v) is 19.5. The predicted molar refractivity (Wildman–Crippen MR) is 136 cm³/mol. The molecule has 1 aromatic heterocycles. The van der Waals surface area contributed by atoms with E-state index in [1.165, 1.54) is 6.33 Å². The van der Waals surface area contributed by atoms with Gasteiger partial charge in [0.25, 0.3) is 0 Å². The molecule has 0 atom stereocenters. The van der Waals surface area contributed by atoms with Crippen LogP contribution in [0.2, 0.25) is 0 Å². The number of rotatable bonds is 7. The zero-order chi connectivity index (χ0) is 24.1. The number of hydrogen-bond acceptors (Lipinski definition) is 8. The summed E-state index contributed by atoms with van der Waals surface area (Å²) in [6.07, 6.45) is 1.39. The Morgan fingerprint density at radius 1 is 1.00 bits per heavy atom. The Bertz CT molecular complexity index is 1150. The maximum atomic E-state index is 11.5. The molecule has 9 nitrogen and oxygen atoms in total. The third kappa shape index (κ3) is 5.32. The molecule has 0 unspecified atom stereocenters. The van der Waals surface area contributed by atoms with E-state index in [1.54, 1.807) is 6.92 Å². The highest BCUT2D eigenvalue weighted by Crippen LogP contribution is 2.25. The van der Waals surface area contributed by atoms with Gasteiger partial charge in [-0.05, 0) is 29.8 Å². The lowest BCUT2D eigenvalue weighted by Gasteiger charge is -2.34. The Hall–Kier alpha value is -3.98. The highest BCUT2D eigenvalue weighted by atomic mass is 16.2. The molecule has 1 aliphatic rings. The van der Waals surface area contributed by atoms with E-state index in [2.05, 4.69) is 25.5 Å². The van der Waals surface area contributed by atoms with Crippen molar-refractivity contribution in [3.05, 3.63) is 71.5 Å². The van der Waals surface area contributed by atoms with Crippen molar-refractivity contribution in [2.75, 3.05) is 49.6 Å². The SMILES string of the molecule is CNc1ccc(Nc2ncnc(N)c2C(=N)c2ccc(CN3CCN(C(C)=O)CC3)cc2)cc1. The predicted octanol–water partition coefficient (Wildman–Crippen LogP) is 2.92. The summed E-state index contributed by atoms with van der Waals surface area (Å²) in [6.45, 7) is 5.68. The van der Waals surface area contributed by atoms with Crippen LogP contribution in [0.5, 0.6) is 0 Å². The number of nitrogens with one attached hydrogen (secondary N) is 3. The van der Waals surface area contributed by atoms with Crippen LogP contribution in [0.4, 0.5) is 23.0 Å². The number of nitrogens with two attached hydrogens (primary N) is 1. The molecule has 9 heteroatoms. The summed E-state index contributed by atoms with van der Waals surface area (Å²) in [6, 6.07) is 15.7. The molecule has 1 amide bonds. The molecule has 2 heterocycles. The molecule has 0 spiro atoms. The van der Waals surface area contributed by atoms with Gasteiger partial charge in [0.2, 0.25) is 5.91 Å². The van der Waals surface area contributed by atoms with Gasteiger partial charge in [0.05, 0.1) is 11.3 Å². The quantitative estimate of drug-likeness (QED) is 0.401. The summed E-state index contributed by atoms with van der Waals surface area (Å²) < 4.78 is 0. The molecule has 176 valence electrons. The van der Waals surface area contributed by atoms with Crippen molar-refractivity contribution in [3.63, 3.8) is 0 Å². The largest absolute Gasteiger partial charge is 0.388 e. The number of piperazine rings is 1. The minimum Gasteiger partial charge on any atom is -0.388 e. The Morgan fingerprint density at radius 2 is 1.65 bits per heavy atom. The Kier molecular flexibility index (Phi) is 7.03. The maximum absolute atomic E-state index is 11.5. The van der Waals surface area contributed by atoms with E-state index in [0.29, 0.717) is 11.4 Å². The van der Waals surface area contributed by atoms with Crippen molar-refractivity contribution in [1.82, 2.24) is 19.8 Å². The molecule has 0 saturated carbocycles. The van der Waals surface area contributed by atoms with Gasteiger partial charge >= 0.3 is 0 Å². The van der Waals surface area contributed by atoms with E-state index in [1.807, 2.05) is 60.5 Å². The van der Waals surface area contributed by atoms with Gasteiger partial charge in [-0.15, -0.1) is 0 Å². The first kappa shape index (κ1) is 23.2. The Morgan fingerprint density at radius 3 is 2.26 bits per heavy atom. The second kappa shape index (κ2) is 10.3. The lowest BCUT2D eigenvalue weighted by molar-refractivity contribution is -0.130. The van der Waals surface area contributed by atoms with Crippen LogP contribution >= 0.6 is 0 Å². The van der Waals surface area contributed by atoms with Crippen molar-refractivity contribution in [3.8, 4) is 0 Å². The summed E-state index contributed by atoms with van der Waals surface area (Å²) in [7, 11) is 1.87. The van der Waals surface area contributed by atoms with E-state index < -0.39 is 0 Å². The maximum Gasteiger partial charge on any atom is 0.219 e. The third-order valence-corrected chi connectivity index (χ3v) is 6.03. The van der Waals surface area contributed by atoms with Gasteiger partial charge in [0, 0.05) is 63.6 Å². The van der Waals surface area contributed by atoms with Gasteiger partial charge in [-0.2, -0.15) is 0 Å². The monoisotopic (exact) mass is 458 g/mol. The molecule has 1 fully saturated rings. The van der Waals surface area contributed by atoms with Gasteiger partial charge in [-0.25, -0.2) is 9.97 Å². The number of nitrogens with zero attached hydrogens (tertiary/aromatic N) is 4. The van der Waals surface area contributed by atoms with Crippen LogP contribution in [0, 0.1) is 5.41 Å². The molecule has 0 radical (unpaired) electrons. The number of carbonyl (C=O) groups excluding carboxylic acids is 1. The van der Waals surface area contributed by atoms with E-state index in [4.69, 9.17) is 11.1 Å². The molecule has 1 saturated heterocycles. The molecule has 0 bridgehead atoms. The first-order valence-electron chi connectivity index (χ1n) is 11.3. The van der Waals surface area contributed by atoms with Crippen molar-refractivity contribution < 1.29 is 4.79 Å². The highest BCUT2D eigenvalue weighted by molar-refractivity contribution is 6.16. The zero-order valence-electron chi connectivity index (χ0n) is 19.5. The van der Waals surface area contributed by atoms with Crippen molar-refractivity contribution in [2.24, 2.45) is 0 Å². The first-order valence-corrected chi connectivity index (χ1v) is 11.3. The molecular formula is C25H30N8O. The van der Waals surface area contributed by atoms with Crippen molar-refractivity contribution in [1.29, 1.82) is 5.41 Å². The van der Waals surface area contributed by atoms with Gasteiger partial charge in [0.1, 0.15) is 18.0 Å². The average Bonchev–Trinajstić information content (AvgIpc) is 2.85. The summed E-state index contributed by atoms with van der Waals surface area (Å²) in [5.74, 6) is 0.874. The van der Waals surface area contributed by atoms with Gasteiger partial charge in [-0.1, -0.05) is 24.3 Å². The third-order valence-electron chi connectivity index (χ3n) is 6.03. The molecule has 3 aromatic rings. The molecule has 2 aromatic carbocycles. The van der Waals surface area contributed by atoms with Gasteiger partial charge < -0.3 is 21.3 Å². The van der Waals surface area contributed by atoms with Crippen LogP contribution in [0.1, 0.15) is 23.6 Å². The summed E-state index contributed by atoms with van der Waals surface area (Å²) >= 11 is 0. The summed E-state index contributed by atoms with van der Waals surface area (Å²) in [5.41, 5.74) is 10.6. The number of carbonyl (C=O) groups is 1. The van der Waals surface area contributed by atoms with E-state index in [9.17, 15) is 4.79 Å². The van der Waals surface area contributed by atoms with Crippen LogP contribution < -0.4 is 16.4 Å². The molecule has 4 rings (SSSR count). The number of nitrogen functional groups attached to an aromatic ring is 1. The normalized spacial score (nSPS) is 14.0. The van der Waals surface area contributed by atoms with E-state index >= 15 is 0 Å². The van der Waals surface area contributed by atoms with Crippen LogP contribution in [-0.4, -0.2) is 64.6 Å². The van der Waals surface area contributed by atoms with Crippen molar-refractivity contribution >= 4 is 34.6 Å². The fourth-order valence-electron chi connectivity index (χ4n) is 4.00. The Balaban J connectivity index is 1.47. The van der Waals surface area contributed by atoms with Crippen LogP contribution in [0.15, 0.2) is 54.9 Å². The molecule has 34 heavy (non-hydrogen) atoms. The van der Waals surface area contributed by atoms with Crippen LogP contribution in [-0.2, 0) is 11.3 Å².